The molecule has 0 aliphatic heterocycles. The molecule has 1 aromatic rings. The van der Waals surface area contributed by atoms with Gasteiger partial charge in [-0.3, -0.25) is 0 Å². The number of hydrogen-bond acceptors (Lipinski definition) is 9. The van der Waals surface area contributed by atoms with Crippen molar-refractivity contribution in [1.82, 2.24) is 0 Å². The summed E-state index contributed by atoms with van der Waals surface area (Å²) in [5.74, 6) is -3.90. The predicted molar refractivity (Wildman–Crippen MR) is 120 cm³/mol. The Hall–Kier alpha value is -4.14. The summed E-state index contributed by atoms with van der Waals surface area (Å²) in [4.78, 5) is 52.2. The van der Waals surface area contributed by atoms with E-state index in [1.807, 2.05) is 43.3 Å². The van der Waals surface area contributed by atoms with Crippen LogP contribution < -0.4 is 4.90 Å². The summed E-state index contributed by atoms with van der Waals surface area (Å²) in [6.07, 6.45) is 4.71. The number of carbonyl (C=O) groups is 4. The van der Waals surface area contributed by atoms with Crippen LogP contribution in [0.25, 0.3) is 6.08 Å². The fraction of sp³-hybridized carbons (Fsp3) is 0.250. The summed E-state index contributed by atoms with van der Waals surface area (Å²) in [5.41, 5.74) is 0.326. The third kappa shape index (κ3) is 5.20. The fourth-order valence-electron chi connectivity index (χ4n) is 3.19. The van der Waals surface area contributed by atoms with Gasteiger partial charge in [0.05, 0.1) is 50.7 Å². The maximum atomic E-state index is 12.6. The van der Waals surface area contributed by atoms with Crippen LogP contribution >= 0.6 is 0 Å². The van der Waals surface area contributed by atoms with E-state index < -0.39 is 35.0 Å². The van der Waals surface area contributed by atoms with Crippen molar-refractivity contribution in [2.45, 2.75) is 0 Å². The first kappa shape index (κ1) is 25.1. The van der Waals surface area contributed by atoms with Crippen molar-refractivity contribution < 1.29 is 38.1 Å². The highest BCUT2D eigenvalue weighted by Crippen LogP contribution is 2.40. The lowest BCUT2D eigenvalue weighted by atomic mass is 10.0. The Labute approximate surface area is 191 Å². The summed E-state index contributed by atoms with van der Waals surface area (Å²) in [5, 5.41) is 0. The second kappa shape index (κ2) is 10.9. The smallest absolute Gasteiger partial charge is 0.339 e. The molecule has 0 amide bonds. The number of carbonyl (C=O) groups excluding carboxylic acids is 4. The van der Waals surface area contributed by atoms with Crippen LogP contribution in [0.15, 0.2) is 64.3 Å². The molecule has 0 spiro atoms. The third-order valence-corrected chi connectivity index (χ3v) is 4.81. The molecule has 0 aromatic heterocycles. The Balaban J connectivity index is 2.72. The van der Waals surface area contributed by atoms with Crippen LogP contribution in [0.4, 0.5) is 5.69 Å². The van der Waals surface area contributed by atoms with Gasteiger partial charge in [0.2, 0.25) is 0 Å². The van der Waals surface area contributed by atoms with E-state index in [1.165, 1.54) is 6.08 Å². The molecular weight excluding hydrogens is 430 g/mol. The first-order valence-corrected chi connectivity index (χ1v) is 9.70. The van der Waals surface area contributed by atoms with Crippen LogP contribution in [-0.2, 0) is 38.1 Å². The van der Waals surface area contributed by atoms with Crippen molar-refractivity contribution in [3.05, 3.63) is 69.8 Å². The minimum absolute atomic E-state index is 0.0318. The average Bonchev–Trinajstić information content (AvgIpc) is 3.17. The lowest BCUT2D eigenvalue weighted by Gasteiger charge is -2.11. The molecule has 9 heteroatoms. The van der Waals surface area contributed by atoms with E-state index in [0.29, 0.717) is 0 Å². The lowest BCUT2D eigenvalue weighted by molar-refractivity contribution is -0.140. The molecule has 2 rings (SSSR count). The van der Waals surface area contributed by atoms with E-state index in [9.17, 15) is 19.2 Å². The zero-order valence-electron chi connectivity index (χ0n) is 19.3. The summed E-state index contributed by atoms with van der Waals surface area (Å²) in [6, 6.07) is 7.61. The molecule has 0 bridgehead atoms. The molecule has 0 fully saturated rings. The van der Waals surface area contributed by atoms with Gasteiger partial charge in [0.1, 0.15) is 0 Å². The molecule has 0 N–H and O–H groups in total. The fourth-order valence-corrected chi connectivity index (χ4v) is 3.19. The van der Waals surface area contributed by atoms with Gasteiger partial charge in [0.25, 0.3) is 0 Å². The molecule has 33 heavy (non-hydrogen) atoms. The van der Waals surface area contributed by atoms with E-state index in [-0.39, 0.29) is 16.7 Å². The Morgan fingerprint density at radius 2 is 1.06 bits per heavy atom. The van der Waals surface area contributed by atoms with Crippen LogP contribution in [0.2, 0.25) is 0 Å². The van der Waals surface area contributed by atoms with Gasteiger partial charge in [-0.15, -0.1) is 0 Å². The van der Waals surface area contributed by atoms with E-state index in [0.717, 1.165) is 39.7 Å². The predicted octanol–water partition coefficient (Wildman–Crippen LogP) is 1.99. The lowest BCUT2D eigenvalue weighted by Crippen LogP contribution is -2.18. The van der Waals surface area contributed by atoms with Crippen LogP contribution in [0, 0.1) is 0 Å². The van der Waals surface area contributed by atoms with E-state index >= 15 is 0 Å². The van der Waals surface area contributed by atoms with Gasteiger partial charge in [-0.2, -0.15) is 0 Å². The Morgan fingerprint density at radius 1 is 0.667 bits per heavy atom. The molecule has 174 valence electrons. The second-order valence-electron chi connectivity index (χ2n) is 6.89. The van der Waals surface area contributed by atoms with Crippen molar-refractivity contribution in [1.29, 1.82) is 0 Å². The number of methoxy groups -OCH3 is 4. The molecule has 0 atom stereocenters. The average molecular weight is 455 g/mol. The largest absolute Gasteiger partial charge is 0.465 e. The highest BCUT2D eigenvalue weighted by molar-refractivity contribution is 6.23. The third-order valence-electron chi connectivity index (χ3n) is 4.81. The first-order chi connectivity index (χ1) is 15.7. The molecule has 1 aromatic carbocycles. The van der Waals surface area contributed by atoms with Crippen molar-refractivity contribution in [3.63, 3.8) is 0 Å². The summed E-state index contributed by atoms with van der Waals surface area (Å²) >= 11 is 0. The standard InChI is InChI=1S/C24H25NO8/c1-25(2)15-12-10-14(11-13-15)8-7-9-16-17(21(26)30-3)19(23(28)32-5)20(24(29)33-6)18(16)22(27)31-4/h7-13H,1-6H3/b8-7+. The maximum Gasteiger partial charge on any atom is 0.339 e. The van der Waals surface area contributed by atoms with Gasteiger partial charge < -0.3 is 23.8 Å². The van der Waals surface area contributed by atoms with Crippen molar-refractivity contribution >= 4 is 35.6 Å². The van der Waals surface area contributed by atoms with Gasteiger partial charge in [0, 0.05) is 25.4 Å². The van der Waals surface area contributed by atoms with Gasteiger partial charge >= 0.3 is 23.9 Å². The molecule has 0 radical (unpaired) electrons. The van der Waals surface area contributed by atoms with Gasteiger partial charge in [-0.05, 0) is 17.7 Å². The van der Waals surface area contributed by atoms with Gasteiger partial charge in [-0.1, -0.05) is 30.4 Å². The number of benzene rings is 1. The Morgan fingerprint density at radius 3 is 1.42 bits per heavy atom. The number of rotatable bonds is 7. The number of ether oxygens (including phenoxy) is 4. The minimum Gasteiger partial charge on any atom is -0.465 e. The highest BCUT2D eigenvalue weighted by atomic mass is 16.5. The maximum absolute atomic E-state index is 12.6. The molecule has 0 saturated carbocycles. The van der Waals surface area contributed by atoms with Crippen LogP contribution in [0.5, 0.6) is 0 Å². The molecule has 1 aliphatic rings. The summed E-state index contributed by atoms with van der Waals surface area (Å²) in [7, 11) is 8.23. The quantitative estimate of drug-likeness (QED) is 0.450. The van der Waals surface area contributed by atoms with E-state index in [1.54, 1.807) is 12.2 Å². The Kier molecular flexibility index (Phi) is 8.33. The first-order valence-electron chi connectivity index (χ1n) is 9.70. The van der Waals surface area contributed by atoms with E-state index in [4.69, 9.17) is 18.9 Å². The van der Waals surface area contributed by atoms with E-state index in [2.05, 4.69) is 0 Å². The minimum atomic E-state index is -1.01. The van der Waals surface area contributed by atoms with Crippen LogP contribution in [-0.4, -0.2) is 66.4 Å². The van der Waals surface area contributed by atoms with Gasteiger partial charge in [0.15, 0.2) is 0 Å². The molecule has 0 unspecified atom stereocenters. The summed E-state index contributed by atoms with van der Waals surface area (Å²) < 4.78 is 19.1. The van der Waals surface area contributed by atoms with Crippen molar-refractivity contribution in [3.8, 4) is 0 Å². The van der Waals surface area contributed by atoms with Crippen molar-refractivity contribution in [2.75, 3.05) is 47.4 Å². The number of nitrogens with zero attached hydrogens (tertiary/aromatic N) is 1. The molecule has 9 nitrogen and oxygen atoms in total. The molecule has 0 saturated heterocycles. The van der Waals surface area contributed by atoms with Crippen LogP contribution in [0.1, 0.15) is 5.56 Å². The second-order valence-corrected chi connectivity index (χ2v) is 6.89. The molecule has 0 heterocycles. The topological polar surface area (TPSA) is 108 Å². The monoisotopic (exact) mass is 455 g/mol. The highest BCUT2D eigenvalue weighted by Gasteiger charge is 2.44. The zero-order chi connectivity index (χ0) is 24.7. The normalized spacial score (nSPS) is 13.2. The number of hydrogen-bond donors (Lipinski definition) is 0. The Bertz CT molecular complexity index is 1030. The SMILES string of the molecule is COC(=O)C1=C(C(=O)OC)C(C(=O)OC)=C(C(=O)OC)C1=C/C=C/c1ccc(N(C)C)cc1. The number of allylic oxidation sites excluding steroid dienone is 2. The summed E-state index contributed by atoms with van der Waals surface area (Å²) in [6.45, 7) is 0. The zero-order valence-corrected chi connectivity index (χ0v) is 19.3. The van der Waals surface area contributed by atoms with Crippen LogP contribution in [0.3, 0.4) is 0 Å². The molecular formula is C24H25NO8. The molecule has 1 aliphatic carbocycles. The van der Waals surface area contributed by atoms with Gasteiger partial charge in [-0.25, -0.2) is 19.2 Å². The number of esters is 4. The number of anilines is 1. The van der Waals surface area contributed by atoms with Crippen molar-refractivity contribution in [2.24, 2.45) is 0 Å².